The Bertz CT molecular complexity index is 722. The predicted molar refractivity (Wildman–Crippen MR) is 95.5 cm³/mol. The number of hydrogen-bond donors (Lipinski definition) is 1. The molecule has 1 N–H and O–H groups in total. The fourth-order valence-electron chi connectivity index (χ4n) is 2.45. The standard InChI is InChI=1S/C19H23FN2O3/c1-4-25-17-10-9-14(11-18(17)24-3)12-22(2)13-19(23)21-16-8-6-5-7-15(16)20/h5-11H,4,12-13H2,1-3H3,(H,21,23). The maximum absolute atomic E-state index is 13.6. The number of nitrogens with zero attached hydrogens (tertiary/aromatic N) is 1. The molecule has 2 rings (SSSR count). The summed E-state index contributed by atoms with van der Waals surface area (Å²) in [5, 5.41) is 2.57. The van der Waals surface area contributed by atoms with E-state index in [0.29, 0.717) is 24.7 Å². The van der Waals surface area contributed by atoms with Crippen molar-refractivity contribution in [3.05, 3.63) is 53.8 Å². The molecule has 5 nitrogen and oxygen atoms in total. The first-order chi connectivity index (χ1) is 12.0. The van der Waals surface area contributed by atoms with Crippen molar-refractivity contribution < 1.29 is 18.7 Å². The van der Waals surface area contributed by atoms with E-state index in [1.165, 1.54) is 12.1 Å². The lowest BCUT2D eigenvalue weighted by Crippen LogP contribution is -2.30. The first kappa shape index (κ1) is 18.7. The number of benzene rings is 2. The normalized spacial score (nSPS) is 10.6. The highest BCUT2D eigenvalue weighted by Gasteiger charge is 2.11. The van der Waals surface area contributed by atoms with Crippen LogP contribution in [0, 0.1) is 5.82 Å². The maximum Gasteiger partial charge on any atom is 0.238 e. The number of ether oxygens (including phenoxy) is 2. The molecule has 0 unspecified atom stereocenters. The number of amides is 1. The van der Waals surface area contributed by atoms with Crippen molar-refractivity contribution in [2.45, 2.75) is 13.5 Å². The van der Waals surface area contributed by atoms with Gasteiger partial charge in [0.05, 0.1) is 25.9 Å². The van der Waals surface area contributed by atoms with Crippen LogP contribution < -0.4 is 14.8 Å². The lowest BCUT2D eigenvalue weighted by atomic mass is 10.2. The fraction of sp³-hybridized carbons (Fsp3) is 0.316. The lowest BCUT2D eigenvalue weighted by molar-refractivity contribution is -0.117. The summed E-state index contributed by atoms with van der Waals surface area (Å²) in [5.74, 6) is 0.623. The fourth-order valence-corrected chi connectivity index (χ4v) is 2.45. The first-order valence-corrected chi connectivity index (χ1v) is 8.06. The lowest BCUT2D eigenvalue weighted by Gasteiger charge is -2.18. The zero-order chi connectivity index (χ0) is 18.2. The summed E-state index contributed by atoms with van der Waals surface area (Å²) >= 11 is 0. The SMILES string of the molecule is CCOc1ccc(CN(C)CC(=O)Nc2ccccc2F)cc1OC. The molecule has 0 spiro atoms. The van der Waals surface area contributed by atoms with Crippen molar-refractivity contribution >= 4 is 11.6 Å². The van der Waals surface area contributed by atoms with Crippen LogP contribution in [0.4, 0.5) is 10.1 Å². The molecule has 1 amide bonds. The third kappa shape index (κ3) is 5.46. The summed E-state index contributed by atoms with van der Waals surface area (Å²) < 4.78 is 24.4. The van der Waals surface area contributed by atoms with Gasteiger partial charge in [-0.1, -0.05) is 18.2 Å². The Labute approximate surface area is 147 Å². The van der Waals surface area contributed by atoms with Crippen molar-refractivity contribution in [2.24, 2.45) is 0 Å². The molecule has 0 bridgehead atoms. The van der Waals surface area contributed by atoms with E-state index in [2.05, 4.69) is 5.32 Å². The Morgan fingerprint density at radius 3 is 2.64 bits per heavy atom. The maximum atomic E-state index is 13.6. The molecule has 25 heavy (non-hydrogen) atoms. The van der Waals surface area contributed by atoms with Gasteiger partial charge in [-0.2, -0.15) is 0 Å². The van der Waals surface area contributed by atoms with Gasteiger partial charge in [0, 0.05) is 6.54 Å². The van der Waals surface area contributed by atoms with Crippen molar-refractivity contribution in [1.82, 2.24) is 4.90 Å². The molecule has 2 aromatic rings. The quantitative estimate of drug-likeness (QED) is 0.797. The number of carbonyl (C=O) groups is 1. The minimum absolute atomic E-state index is 0.143. The molecular weight excluding hydrogens is 323 g/mol. The molecule has 0 aliphatic heterocycles. The number of nitrogens with one attached hydrogen (secondary N) is 1. The van der Waals surface area contributed by atoms with E-state index in [1.54, 1.807) is 19.2 Å². The van der Waals surface area contributed by atoms with Gasteiger partial charge in [-0.15, -0.1) is 0 Å². The summed E-state index contributed by atoms with van der Waals surface area (Å²) in [6, 6.07) is 11.8. The Morgan fingerprint density at radius 1 is 1.20 bits per heavy atom. The van der Waals surface area contributed by atoms with Gasteiger partial charge < -0.3 is 14.8 Å². The predicted octanol–water partition coefficient (Wildman–Crippen LogP) is 3.30. The van der Waals surface area contributed by atoms with Gasteiger partial charge in [0.25, 0.3) is 0 Å². The van der Waals surface area contributed by atoms with Gasteiger partial charge in [0.1, 0.15) is 5.82 Å². The van der Waals surface area contributed by atoms with E-state index in [0.717, 1.165) is 5.56 Å². The van der Waals surface area contributed by atoms with Crippen LogP contribution in [0.5, 0.6) is 11.5 Å². The Kier molecular flexibility index (Phi) is 6.77. The van der Waals surface area contributed by atoms with E-state index >= 15 is 0 Å². The second kappa shape index (κ2) is 9.03. The summed E-state index contributed by atoms with van der Waals surface area (Å²) in [7, 11) is 3.41. The molecular formula is C19H23FN2O3. The van der Waals surface area contributed by atoms with E-state index in [-0.39, 0.29) is 18.1 Å². The zero-order valence-corrected chi connectivity index (χ0v) is 14.7. The van der Waals surface area contributed by atoms with Gasteiger partial charge >= 0.3 is 0 Å². The minimum Gasteiger partial charge on any atom is -0.493 e. The zero-order valence-electron chi connectivity index (χ0n) is 14.7. The van der Waals surface area contributed by atoms with Crippen molar-refractivity contribution in [3.8, 4) is 11.5 Å². The molecule has 2 aromatic carbocycles. The van der Waals surface area contributed by atoms with Crippen LogP contribution in [-0.2, 0) is 11.3 Å². The largest absolute Gasteiger partial charge is 0.493 e. The highest BCUT2D eigenvalue weighted by atomic mass is 19.1. The van der Waals surface area contributed by atoms with Crippen LogP contribution in [0.2, 0.25) is 0 Å². The number of rotatable bonds is 8. The van der Waals surface area contributed by atoms with E-state index in [1.807, 2.05) is 37.1 Å². The summed E-state index contributed by atoms with van der Waals surface area (Å²) in [5.41, 5.74) is 1.17. The summed E-state index contributed by atoms with van der Waals surface area (Å²) in [4.78, 5) is 13.9. The highest BCUT2D eigenvalue weighted by molar-refractivity contribution is 5.92. The van der Waals surface area contributed by atoms with Gasteiger partial charge in [-0.25, -0.2) is 4.39 Å². The van der Waals surface area contributed by atoms with Crippen molar-refractivity contribution in [2.75, 3.05) is 32.6 Å². The first-order valence-electron chi connectivity index (χ1n) is 8.06. The number of para-hydroxylation sites is 1. The van der Waals surface area contributed by atoms with E-state index in [4.69, 9.17) is 9.47 Å². The van der Waals surface area contributed by atoms with Crippen molar-refractivity contribution in [1.29, 1.82) is 0 Å². The van der Waals surface area contributed by atoms with Crippen LogP contribution in [0.1, 0.15) is 12.5 Å². The molecule has 0 radical (unpaired) electrons. The average Bonchev–Trinajstić information content (AvgIpc) is 2.58. The molecule has 0 aliphatic rings. The Balaban J connectivity index is 1.94. The topological polar surface area (TPSA) is 50.8 Å². The van der Waals surface area contributed by atoms with E-state index in [9.17, 15) is 9.18 Å². The molecule has 0 aromatic heterocycles. The molecule has 0 atom stereocenters. The third-order valence-corrected chi connectivity index (χ3v) is 3.54. The number of likely N-dealkylation sites (N-methyl/N-ethyl adjacent to an activating group) is 1. The van der Waals surface area contributed by atoms with Crippen LogP contribution in [0.3, 0.4) is 0 Å². The van der Waals surface area contributed by atoms with Crippen LogP contribution in [0.15, 0.2) is 42.5 Å². The Morgan fingerprint density at radius 2 is 1.96 bits per heavy atom. The summed E-state index contributed by atoms with van der Waals surface area (Å²) in [6.07, 6.45) is 0. The van der Waals surface area contributed by atoms with Crippen LogP contribution in [0.25, 0.3) is 0 Å². The molecule has 0 saturated carbocycles. The Hall–Kier alpha value is -2.60. The van der Waals surface area contributed by atoms with Crippen LogP contribution in [-0.4, -0.2) is 38.1 Å². The smallest absolute Gasteiger partial charge is 0.238 e. The molecule has 0 heterocycles. The molecule has 0 fully saturated rings. The average molecular weight is 346 g/mol. The van der Waals surface area contributed by atoms with E-state index < -0.39 is 5.82 Å². The number of carbonyl (C=O) groups excluding carboxylic acids is 1. The minimum atomic E-state index is -0.449. The van der Waals surface area contributed by atoms with Gasteiger partial charge in [0.2, 0.25) is 5.91 Å². The molecule has 0 aliphatic carbocycles. The van der Waals surface area contributed by atoms with Gasteiger partial charge in [0.15, 0.2) is 11.5 Å². The monoisotopic (exact) mass is 346 g/mol. The van der Waals surface area contributed by atoms with Gasteiger partial charge in [-0.3, -0.25) is 9.69 Å². The summed E-state index contributed by atoms with van der Waals surface area (Å²) in [6.45, 7) is 3.17. The van der Waals surface area contributed by atoms with Gasteiger partial charge in [-0.05, 0) is 43.8 Å². The second-order valence-electron chi connectivity index (χ2n) is 5.62. The number of halogens is 1. The number of hydrogen-bond acceptors (Lipinski definition) is 4. The number of methoxy groups -OCH3 is 1. The third-order valence-electron chi connectivity index (χ3n) is 3.54. The molecule has 134 valence electrons. The second-order valence-corrected chi connectivity index (χ2v) is 5.62. The van der Waals surface area contributed by atoms with Crippen molar-refractivity contribution in [3.63, 3.8) is 0 Å². The molecule has 6 heteroatoms. The molecule has 0 saturated heterocycles. The number of anilines is 1. The van der Waals surface area contributed by atoms with Crippen LogP contribution >= 0.6 is 0 Å². The highest BCUT2D eigenvalue weighted by Crippen LogP contribution is 2.28.